The molecule has 2 aromatic rings. The molecule has 0 atom stereocenters. The number of ether oxygens (including phenoxy) is 1. The second-order valence-electron chi connectivity index (χ2n) is 3.34. The minimum absolute atomic E-state index is 0.394. The molecule has 2 rings (SSSR count). The molecule has 0 radical (unpaired) electrons. The van der Waals surface area contributed by atoms with Gasteiger partial charge in [-0.25, -0.2) is 0 Å². The number of thiophene rings is 2. The van der Waals surface area contributed by atoms with Gasteiger partial charge in [0.05, 0.1) is 19.8 Å². The third-order valence-electron chi connectivity index (χ3n) is 2.13. The summed E-state index contributed by atoms with van der Waals surface area (Å²) >= 11 is 3.38. The Hall–Kier alpha value is -1.12. The average Bonchev–Trinajstić information content (AvgIpc) is 2.98. The Bertz CT molecular complexity index is 505. The van der Waals surface area contributed by atoms with Crippen LogP contribution in [-0.4, -0.2) is 6.54 Å². The van der Waals surface area contributed by atoms with Gasteiger partial charge in [0.2, 0.25) is 0 Å². The second kappa shape index (κ2) is 6.58. The molecule has 0 aromatic carbocycles. The van der Waals surface area contributed by atoms with E-state index in [0.717, 1.165) is 5.56 Å². The standard InChI is InChI=1S/C13H13NOS2/c14-6-1-3-11-5-8-17-13(11)10-15-9-12-4-2-7-16-12/h2,4-5,7-8H,6,9-10,14H2. The number of hydrogen-bond donors (Lipinski definition) is 1. The molecule has 2 heterocycles. The Morgan fingerprint density at radius 2 is 2.12 bits per heavy atom. The lowest BCUT2D eigenvalue weighted by Gasteiger charge is -2.01. The van der Waals surface area contributed by atoms with Crippen LogP contribution in [0, 0.1) is 11.8 Å². The number of hydrogen-bond acceptors (Lipinski definition) is 4. The highest BCUT2D eigenvalue weighted by Gasteiger charge is 2.02. The summed E-state index contributed by atoms with van der Waals surface area (Å²) in [5.41, 5.74) is 6.39. The summed E-state index contributed by atoms with van der Waals surface area (Å²) in [6.45, 7) is 1.68. The van der Waals surface area contributed by atoms with E-state index in [1.807, 2.05) is 17.5 Å². The van der Waals surface area contributed by atoms with Crippen LogP contribution in [0.5, 0.6) is 0 Å². The van der Waals surface area contributed by atoms with Gasteiger partial charge in [0.1, 0.15) is 0 Å². The third-order valence-corrected chi connectivity index (χ3v) is 3.87. The normalized spacial score (nSPS) is 9.94. The molecule has 0 bridgehead atoms. The number of nitrogens with two attached hydrogens (primary N) is 1. The van der Waals surface area contributed by atoms with E-state index in [9.17, 15) is 0 Å². The molecular weight excluding hydrogens is 250 g/mol. The summed E-state index contributed by atoms with van der Waals surface area (Å²) in [7, 11) is 0. The molecule has 0 saturated carbocycles. The monoisotopic (exact) mass is 263 g/mol. The van der Waals surface area contributed by atoms with E-state index in [1.54, 1.807) is 22.7 Å². The van der Waals surface area contributed by atoms with Crippen molar-refractivity contribution in [1.29, 1.82) is 0 Å². The fourth-order valence-electron chi connectivity index (χ4n) is 1.35. The van der Waals surface area contributed by atoms with Gasteiger partial charge in [-0.3, -0.25) is 0 Å². The van der Waals surface area contributed by atoms with Gasteiger partial charge in [-0.05, 0) is 22.9 Å². The molecule has 2 nitrogen and oxygen atoms in total. The van der Waals surface area contributed by atoms with Gasteiger partial charge < -0.3 is 10.5 Å². The maximum Gasteiger partial charge on any atom is 0.0826 e. The van der Waals surface area contributed by atoms with Crippen molar-refractivity contribution in [3.8, 4) is 11.8 Å². The molecule has 2 N–H and O–H groups in total. The van der Waals surface area contributed by atoms with Crippen molar-refractivity contribution in [3.63, 3.8) is 0 Å². The van der Waals surface area contributed by atoms with Crippen LogP contribution in [0.25, 0.3) is 0 Å². The summed E-state index contributed by atoms with van der Waals surface area (Å²) in [6.07, 6.45) is 0. The molecule has 0 spiro atoms. The zero-order valence-corrected chi connectivity index (χ0v) is 10.9. The van der Waals surface area contributed by atoms with Gasteiger partial charge in [0, 0.05) is 15.3 Å². The first-order valence-corrected chi connectivity index (χ1v) is 7.01. The molecule has 0 aliphatic rings. The Morgan fingerprint density at radius 1 is 1.18 bits per heavy atom. The van der Waals surface area contributed by atoms with E-state index in [2.05, 4.69) is 23.3 Å². The van der Waals surface area contributed by atoms with E-state index >= 15 is 0 Å². The van der Waals surface area contributed by atoms with E-state index in [-0.39, 0.29) is 0 Å². The molecule has 88 valence electrons. The first kappa shape index (κ1) is 12.3. The zero-order valence-electron chi connectivity index (χ0n) is 9.31. The summed E-state index contributed by atoms with van der Waals surface area (Å²) in [6, 6.07) is 6.12. The van der Waals surface area contributed by atoms with Crippen LogP contribution in [0.4, 0.5) is 0 Å². The van der Waals surface area contributed by atoms with E-state index in [1.165, 1.54) is 9.75 Å². The van der Waals surface area contributed by atoms with Gasteiger partial charge in [0.25, 0.3) is 0 Å². The molecule has 0 fully saturated rings. The molecule has 17 heavy (non-hydrogen) atoms. The molecule has 4 heteroatoms. The predicted molar refractivity (Wildman–Crippen MR) is 73.1 cm³/mol. The first-order chi connectivity index (χ1) is 8.40. The molecule has 0 aliphatic heterocycles. The van der Waals surface area contributed by atoms with Crippen molar-refractivity contribution >= 4 is 22.7 Å². The summed E-state index contributed by atoms with van der Waals surface area (Å²) in [4.78, 5) is 2.42. The highest BCUT2D eigenvalue weighted by molar-refractivity contribution is 7.10. The Balaban J connectivity index is 1.88. The lowest BCUT2D eigenvalue weighted by molar-refractivity contribution is 0.111. The van der Waals surface area contributed by atoms with Crippen LogP contribution in [-0.2, 0) is 18.0 Å². The van der Waals surface area contributed by atoms with E-state index < -0.39 is 0 Å². The Kier molecular flexibility index (Phi) is 4.77. The van der Waals surface area contributed by atoms with Crippen LogP contribution >= 0.6 is 22.7 Å². The van der Waals surface area contributed by atoms with Gasteiger partial charge in [0.15, 0.2) is 0 Å². The summed E-state index contributed by atoms with van der Waals surface area (Å²) in [5.74, 6) is 5.92. The highest BCUT2D eigenvalue weighted by Crippen LogP contribution is 2.18. The lowest BCUT2D eigenvalue weighted by Crippen LogP contribution is -1.94. The SMILES string of the molecule is NCC#Cc1ccsc1COCc1cccs1. The van der Waals surface area contributed by atoms with Crippen molar-refractivity contribution < 1.29 is 4.74 Å². The van der Waals surface area contributed by atoms with Crippen molar-refractivity contribution in [2.75, 3.05) is 6.54 Å². The topological polar surface area (TPSA) is 35.2 Å². The molecule has 2 aromatic heterocycles. The van der Waals surface area contributed by atoms with Crippen LogP contribution in [0.15, 0.2) is 29.0 Å². The molecule has 0 aliphatic carbocycles. The highest BCUT2D eigenvalue weighted by atomic mass is 32.1. The summed E-state index contributed by atoms with van der Waals surface area (Å²) < 4.78 is 5.66. The van der Waals surface area contributed by atoms with Crippen LogP contribution in [0.3, 0.4) is 0 Å². The fourth-order valence-corrected chi connectivity index (χ4v) is 2.76. The van der Waals surface area contributed by atoms with Crippen LogP contribution in [0.1, 0.15) is 15.3 Å². The Morgan fingerprint density at radius 3 is 2.88 bits per heavy atom. The van der Waals surface area contributed by atoms with Crippen molar-refractivity contribution in [2.24, 2.45) is 5.73 Å². The maximum absolute atomic E-state index is 5.66. The molecule has 0 unspecified atom stereocenters. The molecule has 0 saturated heterocycles. The molecule has 0 amide bonds. The van der Waals surface area contributed by atoms with Gasteiger partial charge in [-0.2, -0.15) is 0 Å². The number of rotatable bonds is 4. The quantitative estimate of drug-likeness (QED) is 0.861. The lowest BCUT2D eigenvalue weighted by atomic mass is 10.2. The van der Waals surface area contributed by atoms with Gasteiger partial charge >= 0.3 is 0 Å². The van der Waals surface area contributed by atoms with E-state index in [4.69, 9.17) is 10.5 Å². The van der Waals surface area contributed by atoms with Gasteiger partial charge in [-0.15, -0.1) is 22.7 Å². The average molecular weight is 263 g/mol. The fraction of sp³-hybridized carbons (Fsp3) is 0.231. The van der Waals surface area contributed by atoms with Crippen LogP contribution < -0.4 is 5.73 Å². The Labute approximate surface area is 109 Å². The minimum atomic E-state index is 0.394. The molecular formula is C13H13NOS2. The smallest absolute Gasteiger partial charge is 0.0826 e. The zero-order chi connectivity index (χ0) is 11.9. The van der Waals surface area contributed by atoms with Crippen LogP contribution in [0.2, 0.25) is 0 Å². The van der Waals surface area contributed by atoms with Crippen molar-refractivity contribution in [3.05, 3.63) is 44.3 Å². The van der Waals surface area contributed by atoms with Crippen molar-refractivity contribution in [2.45, 2.75) is 13.2 Å². The largest absolute Gasteiger partial charge is 0.370 e. The summed E-state index contributed by atoms with van der Waals surface area (Å²) in [5, 5.41) is 4.09. The minimum Gasteiger partial charge on any atom is -0.370 e. The third kappa shape index (κ3) is 3.69. The first-order valence-electron chi connectivity index (χ1n) is 5.25. The van der Waals surface area contributed by atoms with Crippen molar-refractivity contribution in [1.82, 2.24) is 0 Å². The van der Waals surface area contributed by atoms with E-state index in [0.29, 0.717) is 19.8 Å². The van der Waals surface area contributed by atoms with Gasteiger partial charge in [-0.1, -0.05) is 17.9 Å². The second-order valence-corrected chi connectivity index (χ2v) is 5.37. The maximum atomic E-state index is 5.66. The predicted octanol–water partition coefficient (Wildman–Crippen LogP) is 2.84.